The molecule has 2 heterocycles. The molecule has 1 aromatic carbocycles. The van der Waals surface area contributed by atoms with Crippen LogP contribution >= 0.6 is 0 Å². The first-order valence-corrected chi connectivity index (χ1v) is 14.8. The molecule has 1 aliphatic carbocycles. The van der Waals surface area contributed by atoms with E-state index in [1.165, 1.54) is 19.3 Å². The molecule has 2 fully saturated rings. The van der Waals surface area contributed by atoms with Gasteiger partial charge >= 0.3 is 0 Å². The van der Waals surface area contributed by atoms with Crippen LogP contribution in [0.2, 0.25) is 0 Å². The topological polar surface area (TPSA) is 99.8 Å². The Morgan fingerprint density at radius 1 is 0.974 bits per heavy atom. The third kappa shape index (κ3) is 8.72. The fraction of sp³-hybridized carbons (Fsp3) is 0.700. The molecule has 1 aromatic rings. The number of benzene rings is 1. The average molecular weight is 527 g/mol. The summed E-state index contributed by atoms with van der Waals surface area (Å²) in [6.07, 6.45) is 11.0. The van der Waals surface area contributed by atoms with E-state index in [2.05, 4.69) is 20.9 Å². The van der Waals surface area contributed by atoms with Crippen LogP contribution in [-0.2, 0) is 20.8 Å². The number of rotatable bonds is 5. The van der Waals surface area contributed by atoms with Crippen LogP contribution in [0.4, 0.5) is 0 Å². The Bertz CT molecular complexity index is 927. The van der Waals surface area contributed by atoms with Crippen molar-refractivity contribution in [2.45, 2.75) is 102 Å². The first-order chi connectivity index (χ1) is 18.5. The van der Waals surface area contributed by atoms with E-state index in [-0.39, 0.29) is 29.7 Å². The summed E-state index contributed by atoms with van der Waals surface area (Å²) in [5.41, 5.74) is 1.04. The Labute approximate surface area is 227 Å². The minimum atomic E-state index is -0.670. The zero-order chi connectivity index (χ0) is 26.7. The van der Waals surface area contributed by atoms with Crippen LogP contribution in [0, 0.1) is 5.92 Å². The first-order valence-electron chi connectivity index (χ1n) is 14.8. The van der Waals surface area contributed by atoms with Gasteiger partial charge in [-0.05, 0) is 88.6 Å². The van der Waals surface area contributed by atoms with Crippen molar-refractivity contribution in [1.29, 1.82) is 0 Å². The number of carbonyl (C=O) groups is 3. The second kappa shape index (κ2) is 14.5. The van der Waals surface area contributed by atoms with Gasteiger partial charge in [0, 0.05) is 18.5 Å². The molecule has 8 nitrogen and oxygen atoms in total. The van der Waals surface area contributed by atoms with Gasteiger partial charge in [-0.2, -0.15) is 0 Å². The Morgan fingerprint density at radius 2 is 1.74 bits per heavy atom. The molecule has 1 saturated heterocycles. The van der Waals surface area contributed by atoms with Crippen LogP contribution in [0.3, 0.4) is 0 Å². The summed E-state index contributed by atoms with van der Waals surface area (Å²) in [5.74, 6) is -0.0292. The van der Waals surface area contributed by atoms with Gasteiger partial charge in [0.05, 0.1) is 6.61 Å². The molecule has 0 spiro atoms. The maximum absolute atomic E-state index is 13.6. The van der Waals surface area contributed by atoms with E-state index in [1.807, 2.05) is 31.2 Å². The van der Waals surface area contributed by atoms with Crippen LogP contribution in [0.5, 0.6) is 5.75 Å². The largest absolute Gasteiger partial charge is 0.494 e. The molecule has 3 atom stereocenters. The van der Waals surface area contributed by atoms with Crippen LogP contribution < -0.4 is 20.7 Å². The van der Waals surface area contributed by atoms with Gasteiger partial charge in [0.25, 0.3) is 0 Å². The maximum atomic E-state index is 13.6. The number of fused-ring (bicyclic) bond motifs is 2. The van der Waals surface area contributed by atoms with Crippen LogP contribution in [-0.4, -0.2) is 67.0 Å². The second-order valence-electron chi connectivity index (χ2n) is 11.4. The number of piperidine rings is 1. The molecule has 0 unspecified atom stereocenters. The lowest BCUT2D eigenvalue weighted by Gasteiger charge is -2.29. The number of nitrogens with one attached hydrogen (secondary N) is 3. The quantitative estimate of drug-likeness (QED) is 0.547. The van der Waals surface area contributed by atoms with Gasteiger partial charge in [0.15, 0.2) is 0 Å². The summed E-state index contributed by atoms with van der Waals surface area (Å²) in [7, 11) is 0. The minimum Gasteiger partial charge on any atom is -0.494 e. The summed E-state index contributed by atoms with van der Waals surface area (Å²) in [5, 5.41) is 9.22. The Hall–Kier alpha value is -2.61. The molecule has 210 valence electrons. The van der Waals surface area contributed by atoms with E-state index in [0.717, 1.165) is 69.5 Å². The average Bonchev–Trinajstić information content (AvgIpc) is 3.43. The highest BCUT2D eigenvalue weighted by Gasteiger charge is 2.30. The van der Waals surface area contributed by atoms with E-state index in [4.69, 9.17) is 4.74 Å². The molecular weight excluding hydrogens is 480 g/mol. The maximum Gasteiger partial charge on any atom is 0.243 e. The number of carbonyl (C=O) groups excluding carboxylic acids is 3. The summed E-state index contributed by atoms with van der Waals surface area (Å²) in [6.45, 7) is 5.25. The molecular formula is C30H46N4O4. The lowest BCUT2D eigenvalue weighted by molar-refractivity contribution is -0.133. The number of ether oxygens (including phenoxy) is 1. The van der Waals surface area contributed by atoms with Gasteiger partial charge < -0.3 is 25.6 Å². The van der Waals surface area contributed by atoms with Crippen LogP contribution in [0.25, 0.3) is 0 Å². The van der Waals surface area contributed by atoms with Crippen molar-refractivity contribution < 1.29 is 19.1 Å². The van der Waals surface area contributed by atoms with Crippen molar-refractivity contribution in [2.24, 2.45) is 5.92 Å². The van der Waals surface area contributed by atoms with Crippen LogP contribution in [0.15, 0.2) is 24.3 Å². The third-order valence-corrected chi connectivity index (χ3v) is 8.19. The monoisotopic (exact) mass is 526 g/mol. The number of nitrogens with zero attached hydrogens (tertiary/aromatic N) is 1. The normalized spacial score (nSPS) is 26.7. The van der Waals surface area contributed by atoms with E-state index in [9.17, 15) is 14.4 Å². The van der Waals surface area contributed by atoms with Gasteiger partial charge in [0.2, 0.25) is 17.7 Å². The molecule has 3 N–H and O–H groups in total. The van der Waals surface area contributed by atoms with Gasteiger partial charge in [-0.3, -0.25) is 14.4 Å². The molecule has 0 radical (unpaired) electrons. The molecule has 1 saturated carbocycles. The van der Waals surface area contributed by atoms with Crippen molar-refractivity contribution in [1.82, 2.24) is 20.9 Å². The van der Waals surface area contributed by atoms with E-state index in [0.29, 0.717) is 25.9 Å². The fourth-order valence-electron chi connectivity index (χ4n) is 5.84. The standard InChI is InChI=1S/C30H46N4O4/c1-22-20-23-10-9-13-25(21-23)38-19-8-5-14-26(29(36)31-24-11-3-4-12-24)33-30(37)27(32-28(22)35)15-18-34-16-6-2-7-17-34/h9-10,13,21-22,24,26-27H,2-8,11-12,14-20H2,1H3,(H,31,36)(H,32,35)(H,33,37)/t22-,26+,27+/m1/s1. The highest BCUT2D eigenvalue weighted by Crippen LogP contribution is 2.20. The SMILES string of the molecule is C[C@@H]1Cc2cccc(c2)OCCCC[C@@H](C(=O)NC2CCCC2)NC(=O)[C@H](CCN2CCCCC2)NC1=O. The second-order valence-corrected chi connectivity index (χ2v) is 11.4. The molecule has 2 aliphatic heterocycles. The van der Waals surface area contributed by atoms with Crippen LogP contribution in [0.1, 0.15) is 83.1 Å². The summed E-state index contributed by atoms with van der Waals surface area (Å²) >= 11 is 0. The molecule has 0 aromatic heterocycles. The molecule has 2 bridgehead atoms. The van der Waals surface area contributed by atoms with Crippen molar-refractivity contribution in [2.75, 3.05) is 26.2 Å². The minimum absolute atomic E-state index is 0.116. The zero-order valence-electron chi connectivity index (χ0n) is 23.0. The van der Waals surface area contributed by atoms with Gasteiger partial charge in [0.1, 0.15) is 17.8 Å². The highest BCUT2D eigenvalue weighted by molar-refractivity contribution is 5.92. The smallest absolute Gasteiger partial charge is 0.243 e. The summed E-state index contributed by atoms with van der Waals surface area (Å²) in [4.78, 5) is 42.4. The third-order valence-electron chi connectivity index (χ3n) is 8.19. The van der Waals surface area contributed by atoms with Gasteiger partial charge in [-0.25, -0.2) is 0 Å². The van der Waals surface area contributed by atoms with Gasteiger partial charge in [-0.15, -0.1) is 0 Å². The number of hydrogen-bond acceptors (Lipinski definition) is 5. The molecule has 8 heteroatoms. The fourth-order valence-corrected chi connectivity index (χ4v) is 5.84. The molecule has 38 heavy (non-hydrogen) atoms. The Morgan fingerprint density at radius 3 is 2.53 bits per heavy atom. The highest BCUT2D eigenvalue weighted by atomic mass is 16.5. The lowest BCUT2D eigenvalue weighted by atomic mass is 9.99. The predicted octanol–water partition coefficient (Wildman–Crippen LogP) is 3.33. The number of hydrogen-bond donors (Lipinski definition) is 3. The zero-order valence-corrected chi connectivity index (χ0v) is 23.0. The van der Waals surface area contributed by atoms with E-state index < -0.39 is 12.1 Å². The number of amides is 3. The molecule has 4 rings (SSSR count). The summed E-state index contributed by atoms with van der Waals surface area (Å²) in [6, 6.07) is 6.79. The van der Waals surface area contributed by atoms with E-state index >= 15 is 0 Å². The van der Waals surface area contributed by atoms with E-state index in [1.54, 1.807) is 0 Å². The molecule has 3 aliphatic rings. The van der Waals surface area contributed by atoms with Crippen molar-refractivity contribution in [3.05, 3.63) is 29.8 Å². The number of likely N-dealkylation sites (tertiary alicyclic amines) is 1. The van der Waals surface area contributed by atoms with Gasteiger partial charge in [-0.1, -0.05) is 38.3 Å². The van der Waals surface area contributed by atoms with Crippen molar-refractivity contribution in [3.8, 4) is 5.75 Å². The first kappa shape index (κ1) is 28.4. The molecule has 3 amide bonds. The lowest BCUT2D eigenvalue weighted by Crippen LogP contribution is -2.55. The van der Waals surface area contributed by atoms with Crippen molar-refractivity contribution >= 4 is 17.7 Å². The van der Waals surface area contributed by atoms with Crippen molar-refractivity contribution in [3.63, 3.8) is 0 Å². The Balaban J connectivity index is 1.49. The Kier molecular flexibility index (Phi) is 10.9. The predicted molar refractivity (Wildman–Crippen MR) is 148 cm³/mol. The summed E-state index contributed by atoms with van der Waals surface area (Å²) < 4.78 is 5.95.